The molecule has 0 radical (unpaired) electrons. The summed E-state index contributed by atoms with van der Waals surface area (Å²) in [5.41, 5.74) is 9.19. The van der Waals surface area contributed by atoms with Crippen LogP contribution in [-0.2, 0) is 17.6 Å². The van der Waals surface area contributed by atoms with E-state index < -0.39 is 0 Å². The predicted octanol–water partition coefficient (Wildman–Crippen LogP) is 9.82. The van der Waals surface area contributed by atoms with Crippen molar-refractivity contribution in [3.05, 3.63) is 101 Å². The van der Waals surface area contributed by atoms with Gasteiger partial charge in [0.25, 0.3) is 11.8 Å². The van der Waals surface area contributed by atoms with E-state index in [1.54, 1.807) is 12.3 Å². The van der Waals surface area contributed by atoms with E-state index in [1.165, 1.54) is 29.5 Å². The first-order valence-corrected chi connectivity index (χ1v) is 22.3. The lowest BCUT2D eigenvalue weighted by atomic mass is 9.76. The molecule has 7 rings (SSSR count). The number of amides is 2. The largest absolute Gasteiger partial charge is 0.456 e. The molecular formula is C49H70ClN7O4. The number of piperidine rings is 1. The molecule has 2 saturated heterocycles. The molecule has 4 aromatic rings. The number of halogens is 1. The number of aryl methyl sites for hydroxylation is 3. The molecular weight excluding hydrogens is 786 g/mol. The Balaban J connectivity index is 0.000000228. The number of nitrogens with one attached hydrogen (secondary N) is 3. The second kappa shape index (κ2) is 22.6. The average molecular weight is 857 g/mol. The zero-order valence-corrected chi connectivity index (χ0v) is 38.5. The molecule has 332 valence electrons. The Labute approximate surface area is 370 Å². The van der Waals surface area contributed by atoms with Crippen molar-refractivity contribution < 1.29 is 18.7 Å². The molecule has 0 atom stereocenters. The summed E-state index contributed by atoms with van der Waals surface area (Å²) in [5, 5.41) is 6.17. The number of aromatic nitrogens is 2. The van der Waals surface area contributed by atoms with Crippen molar-refractivity contribution in [2.45, 2.75) is 92.9 Å². The van der Waals surface area contributed by atoms with Gasteiger partial charge < -0.3 is 34.6 Å². The van der Waals surface area contributed by atoms with E-state index in [9.17, 15) is 9.59 Å². The minimum atomic E-state index is -0.202. The molecule has 12 heteroatoms. The van der Waals surface area contributed by atoms with Crippen LogP contribution < -0.4 is 15.5 Å². The smallest absolute Gasteiger partial charge is 0.291 e. The number of furan rings is 1. The highest BCUT2D eigenvalue weighted by Gasteiger charge is 2.25. The number of H-pyrrole nitrogens is 1. The molecule has 61 heavy (non-hydrogen) atoms. The Morgan fingerprint density at radius 2 is 1.64 bits per heavy atom. The summed E-state index contributed by atoms with van der Waals surface area (Å²) in [7, 11) is 2.16. The minimum absolute atomic E-state index is 0. The van der Waals surface area contributed by atoms with Gasteiger partial charge in [0.1, 0.15) is 5.76 Å². The van der Waals surface area contributed by atoms with Gasteiger partial charge in [-0.05, 0) is 150 Å². The van der Waals surface area contributed by atoms with Crippen LogP contribution in [0.1, 0.15) is 116 Å². The lowest BCUT2D eigenvalue weighted by Gasteiger charge is -2.33. The van der Waals surface area contributed by atoms with E-state index in [4.69, 9.17) is 9.15 Å². The van der Waals surface area contributed by atoms with Crippen molar-refractivity contribution in [2.24, 2.45) is 11.3 Å². The van der Waals surface area contributed by atoms with E-state index in [2.05, 4.69) is 113 Å². The van der Waals surface area contributed by atoms with Crippen LogP contribution in [0.5, 0.6) is 0 Å². The van der Waals surface area contributed by atoms with Gasteiger partial charge in [-0.2, -0.15) is 0 Å². The number of nitrogens with zero attached hydrogens (tertiary/aromatic N) is 4. The molecule has 1 aliphatic carbocycles. The first kappa shape index (κ1) is 47.6. The Morgan fingerprint density at radius 3 is 2.28 bits per heavy atom. The van der Waals surface area contributed by atoms with Crippen molar-refractivity contribution in [3.63, 3.8) is 0 Å². The molecule has 2 aliphatic heterocycles. The Bertz CT molecular complexity index is 2060. The van der Waals surface area contributed by atoms with Crippen molar-refractivity contribution in [3.8, 4) is 0 Å². The second-order valence-electron chi connectivity index (χ2n) is 17.9. The molecule has 2 aromatic heterocycles. The third-order valence-electron chi connectivity index (χ3n) is 12.3. The summed E-state index contributed by atoms with van der Waals surface area (Å²) in [5.74, 6) is 1.82. The van der Waals surface area contributed by atoms with Gasteiger partial charge in [0.15, 0.2) is 11.6 Å². The van der Waals surface area contributed by atoms with E-state index in [0.29, 0.717) is 17.0 Å². The fourth-order valence-electron chi connectivity index (χ4n) is 8.07. The lowest BCUT2D eigenvalue weighted by molar-refractivity contribution is 0.0384. The van der Waals surface area contributed by atoms with Crippen molar-refractivity contribution in [2.75, 3.05) is 81.6 Å². The third-order valence-corrected chi connectivity index (χ3v) is 12.3. The number of rotatable bonds is 14. The van der Waals surface area contributed by atoms with Crippen LogP contribution in [-0.4, -0.2) is 97.7 Å². The second-order valence-corrected chi connectivity index (χ2v) is 17.9. The normalized spacial score (nSPS) is 16.9. The Hall–Kier alpha value is -4.42. The summed E-state index contributed by atoms with van der Waals surface area (Å²) in [6.07, 6.45) is 12.8. The van der Waals surface area contributed by atoms with Gasteiger partial charge in [0, 0.05) is 55.9 Å². The number of imidazole rings is 1. The topological polar surface area (TPSA) is 119 Å². The van der Waals surface area contributed by atoms with Gasteiger partial charge in [-0.1, -0.05) is 45.9 Å². The first-order valence-electron chi connectivity index (χ1n) is 22.3. The van der Waals surface area contributed by atoms with Crippen LogP contribution in [0.3, 0.4) is 0 Å². The zero-order chi connectivity index (χ0) is 42.6. The number of carbonyl (C=O) groups is 2. The van der Waals surface area contributed by atoms with Crippen LogP contribution in [0.4, 0.5) is 17.1 Å². The standard InChI is InChI=1S/C25H34N4O2.C24H35N3O2.ClH/c1-18-17-26-23(27-18)24(30)28-22-5-4-19(8-11-29-12-14-31-15-13-29)16-21(22)20-6-9-25(2,3)10-7-20;1-5-26(4)14-6-7-20-9-10-21(25-24(28)23-11-8-19(3)29-23)22(17-20)27-15-12-18(2)13-16-27;/h4-6,16-17H,7-15H2,1-3H3,(H,26,27)(H,28,30);8-11,17-18H,5-7,12-16H2,1-4H3,(H,25,28);1H. The van der Waals surface area contributed by atoms with E-state index in [-0.39, 0.29) is 24.2 Å². The molecule has 11 nitrogen and oxygen atoms in total. The zero-order valence-electron chi connectivity index (χ0n) is 37.7. The molecule has 0 spiro atoms. The predicted molar refractivity (Wildman–Crippen MR) is 251 cm³/mol. The molecule has 0 unspecified atom stereocenters. The van der Waals surface area contributed by atoms with Crippen LogP contribution in [0.2, 0.25) is 0 Å². The maximum absolute atomic E-state index is 12.7. The molecule has 2 aromatic carbocycles. The monoisotopic (exact) mass is 856 g/mol. The Morgan fingerprint density at radius 1 is 0.934 bits per heavy atom. The molecule has 4 heterocycles. The molecule has 0 bridgehead atoms. The van der Waals surface area contributed by atoms with Crippen molar-refractivity contribution in [1.82, 2.24) is 19.8 Å². The van der Waals surface area contributed by atoms with Crippen LogP contribution in [0, 0.1) is 25.2 Å². The highest BCUT2D eigenvalue weighted by molar-refractivity contribution is 6.04. The number of allylic oxidation sites excluding steroid dienone is 2. The maximum Gasteiger partial charge on any atom is 0.291 e. The minimum Gasteiger partial charge on any atom is -0.456 e. The van der Waals surface area contributed by atoms with Crippen molar-refractivity contribution in [1.29, 1.82) is 0 Å². The highest BCUT2D eigenvalue weighted by Crippen LogP contribution is 2.40. The number of anilines is 3. The SMILES string of the molecule is CCN(C)CCCc1ccc(NC(=O)c2ccc(C)o2)c(N2CCC(C)CC2)c1.Cc1cnc(C(=O)Nc2ccc(CCN3CCOCC3)cc2C2=CCC(C)(C)CC2)[nH]1.Cl. The molecule has 2 fully saturated rings. The number of ether oxygens (including phenoxy) is 1. The summed E-state index contributed by atoms with van der Waals surface area (Å²) in [4.78, 5) is 39.8. The lowest BCUT2D eigenvalue weighted by Crippen LogP contribution is -2.37. The summed E-state index contributed by atoms with van der Waals surface area (Å²) >= 11 is 0. The van der Waals surface area contributed by atoms with E-state index in [0.717, 1.165) is 138 Å². The van der Waals surface area contributed by atoms with Gasteiger partial charge in [0.05, 0.1) is 24.6 Å². The van der Waals surface area contributed by atoms with Gasteiger partial charge in [-0.15, -0.1) is 12.4 Å². The van der Waals surface area contributed by atoms with Crippen molar-refractivity contribution >= 4 is 46.9 Å². The van der Waals surface area contributed by atoms with E-state index >= 15 is 0 Å². The quantitative estimate of drug-likeness (QED) is 0.115. The van der Waals surface area contributed by atoms with Crippen LogP contribution in [0.25, 0.3) is 5.57 Å². The number of aromatic amines is 1. The number of carbonyl (C=O) groups excluding carboxylic acids is 2. The first-order chi connectivity index (χ1) is 28.9. The fourth-order valence-corrected chi connectivity index (χ4v) is 8.07. The highest BCUT2D eigenvalue weighted by atomic mass is 35.5. The number of hydrogen-bond acceptors (Lipinski definition) is 8. The number of morpholine rings is 1. The maximum atomic E-state index is 12.7. The van der Waals surface area contributed by atoms with E-state index in [1.807, 2.05) is 19.9 Å². The average Bonchev–Trinajstić information content (AvgIpc) is 3.90. The van der Waals surface area contributed by atoms with Gasteiger partial charge >= 0.3 is 0 Å². The summed E-state index contributed by atoms with van der Waals surface area (Å²) in [6, 6.07) is 16.5. The van der Waals surface area contributed by atoms with Gasteiger partial charge in [0.2, 0.25) is 0 Å². The van der Waals surface area contributed by atoms with Crippen LogP contribution >= 0.6 is 12.4 Å². The molecule has 3 aliphatic rings. The van der Waals surface area contributed by atoms with Crippen LogP contribution in [0.15, 0.2) is 65.2 Å². The van der Waals surface area contributed by atoms with Gasteiger partial charge in [-0.25, -0.2) is 4.98 Å². The molecule has 3 N–H and O–H groups in total. The summed E-state index contributed by atoms with van der Waals surface area (Å²) in [6.45, 7) is 21.8. The summed E-state index contributed by atoms with van der Waals surface area (Å²) < 4.78 is 11.0. The number of hydrogen-bond donors (Lipinski definition) is 3. The third kappa shape index (κ3) is 14.0. The van der Waals surface area contributed by atoms with Gasteiger partial charge in [-0.3, -0.25) is 14.5 Å². The fraction of sp³-hybridized carbons (Fsp3) is 0.531. The Kier molecular flexibility index (Phi) is 17.7. The molecule has 2 amide bonds. The molecule has 0 saturated carbocycles. The number of benzene rings is 2.